The Morgan fingerprint density at radius 3 is 2.94 bits per heavy atom. The van der Waals surface area contributed by atoms with Crippen molar-refractivity contribution in [2.45, 2.75) is 26.2 Å². The van der Waals surface area contributed by atoms with Gasteiger partial charge in [-0.15, -0.1) is 0 Å². The number of nitriles is 1. The van der Waals surface area contributed by atoms with E-state index in [4.69, 9.17) is 5.26 Å². The molecule has 0 unspecified atom stereocenters. The minimum absolute atomic E-state index is 0.197. The smallest absolute Gasteiger partial charge is 0.244 e. The highest BCUT2D eigenvalue weighted by Gasteiger charge is 2.50. The van der Waals surface area contributed by atoms with Crippen LogP contribution in [0, 0.1) is 16.7 Å². The summed E-state index contributed by atoms with van der Waals surface area (Å²) in [5.74, 6) is -0.197. The lowest BCUT2D eigenvalue weighted by atomic mass is 10.1. The van der Waals surface area contributed by atoms with Gasteiger partial charge in [-0.1, -0.05) is 6.92 Å². The predicted molar refractivity (Wildman–Crippen MR) is 58.5 cm³/mol. The van der Waals surface area contributed by atoms with Gasteiger partial charge in [0.2, 0.25) is 5.91 Å². The summed E-state index contributed by atoms with van der Waals surface area (Å²) in [4.78, 5) is 11.8. The second-order valence-electron chi connectivity index (χ2n) is 4.16. The van der Waals surface area contributed by atoms with Crippen LogP contribution in [-0.2, 0) is 18.3 Å². The van der Waals surface area contributed by atoms with Crippen molar-refractivity contribution in [1.29, 1.82) is 5.26 Å². The van der Waals surface area contributed by atoms with Gasteiger partial charge in [0.15, 0.2) is 0 Å². The molecule has 1 aliphatic rings. The fraction of sp³-hybridized carbons (Fsp3) is 0.545. The number of nitrogens with zero attached hydrogens (tertiary/aromatic N) is 3. The SMILES string of the molecule is CCc1nn(C)cc1NC(=O)C1(C#N)CC1. The number of carbonyl (C=O) groups is 1. The van der Waals surface area contributed by atoms with Crippen LogP contribution in [0.3, 0.4) is 0 Å². The Hall–Kier alpha value is -1.83. The fourth-order valence-electron chi connectivity index (χ4n) is 1.66. The molecule has 2 rings (SSSR count). The first-order valence-corrected chi connectivity index (χ1v) is 5.36. The van der Waals surface area contributed by atoms with E-state index < -0.39 is 5.41 Å². The van der Waals surface area contributed by atoms with Crippen molar-refractivity contribution in [3.8, 4) is 6.07 Å². The van der Waals surface area contributed by atoms with Gasteiger partial charge < -0.3 is 5.32 Å². The lowest BCUT2D eigenvalue weighted by molar-refractivity contribution is -0.119. The van der Waals surface area contributed by atoms with Gasteiger partial charge >= 0.3 is 0 Å². The molecule has 0 aliphatic heterocycles. The first kappa shape index (κ1) is 10.7. The summed E-state index contributed by atoms with van der Waals surface area (Å²) in [6, 6.07) is 2.08. The highest BCUT2D eigenvalue weighted by Crippen LogP contribution is 2.45. The van der Waals surface area contributed by atoms with Gasteiger partial charge in [-0.05, 0) is 19.3 Å². The quantitative estimate of drug-likeness (QED) is 0.829. The van der Waals surface area contributed by atoms with E-state index in [2.05, 4.69) is 16.5 Å². The first-order valence-electron chi connectivity index (χ1n) is 5.36. The van der Waals surface area contributed by atoms with Crippen molar-refractivity contribution >= 4 is 11.6 Å². The van der Waals surface area contributed by atoms with Crippen molar-refractivity contribution in [1.82, 2.24) is 9.78 Å². The molecule has 0 bridgehead atoms. The molecule has 1 aromatic heterocycles. The molecule has 1 saturated carbocycles. The minimum Gasteiger partial charge on any atom is -0.322 e. The van der Waals surface area contributed by atoms with Crippen LogP contribution in [0.25, 0.3) is 0 Å². The molecule has 5 heteroatoms. The number of rotatable bonds is 3. The Morgan fingerprint density at radius 2 is 2.44 bits per heavy atom. The van der Waals surface area contributed by atoms with Crippen LogP contribution in [0.1, 0.15) is 25.5 Å². The zero-order valence-electron chi connectivity index (χ0n) is 9.45. The lowest BCUT2D eigenvalue weighted by Crippen LogP contribution is -2.23. The van der Waals surface area contributed by atoms with Gasteiger partial charge in [-0.2, -0.15) is 10.4 Å². The summed E-state index contributed by atoms with van der Waals surface area (Å²) in [5.41, 5.74) is 0.794. The lowest BCUT2D eigenvalue weighted by Gasteiger charge is -2.06. The second kappa shape index (κ2) is 3.63. The molecule has 0 atom stereocenters. The summed E-state index contributed by atoms with van der Waals surface area (Å²) in [5, 5.41) is 15.9. The molecular formula is C11H14N4O. The highest BCUT2D eigenvalue weighted by atomic mass is 16.2. The van der Waals surface area contributed by atoms with Crippen LogP contribution in [0.5, 0.6) is 0 Å². The van der Waals surface area contributed by atoms with Crippen LogP contribution < -0.4 is 5.32 Å². The Balaban J connectivity index is 2.15. The third kappa shape index (κ3) is 1.67. The van der Waals surface area contributed by atoms with Gasteiger partial charge in [0.25, 0.3) is 0 Å². The molecule has 0 radical (unpaired) electrons. The third-order valence-corrected chi connectivity index (χ3v) is 2.89. The van der Waals surface area contributed by atoms with Crippen molar-refractivity contribution < 1.29 is 4.79 Å². The predicted octanol–water partition coefficient (Wildman–Crippen LogP) is 1.22. The van der Waals surface area contributed by atoms with Gasteiger partial charge in [-0.25, -0.2) is 0 Å². The van der Waals surface area contributed by atoms with Crippen LogP contribution in [0.2, 0.25) is 0 Å². The minimum atomic E-state index is -0.777. The van der Waals surface area contributed by atoms with E-state index in [9.17, 15) is 4.79 Å². The van der Waals surface area contributed by atoms with Crippen molar-refractivity contribution in [2.24, 2.45) is 12.5 Å². The van der Waals surface area contributed by atoms with Crippen LogP contribution in [0.4, 0.5) is 5.69 Å². The van der Waals surface area contributed by atoms with E-state index in [0.717, 1.165) is 17.8 Å². The number of carbonyl (C=O) groups excluding carboxylic acids is 1. The van der Waals surface area contributed by atoms with E-state index >= 15 is 0 Å². The molecule has 1 amide bonds. The number of hydrogen-bond acceptors (Lipinski definition) is 3. The standard InChI is InChI=1S/C11H14N4O/c1-3-8-9(6-15(2)14-8)13-10(16)11(7-12)4-5-11/h6H,3-5H2,1-2H3,(H,13,16). The summed E-state index contributed by atoms with van der Waals surface area (Å²) in [7, 11) is 1.81. The van der Waals surface area contributed by atoms with Crippen molar-refractivity contribution in [2.75, 3.05) is 5.32 Å². The zero-order chi connectivity index (χ0) is 11.8. The summed E-state index contributed by atoms with van der Waals surface area (Å²) < 4.78 is 1.67. The maximum absolute atomic E-state index is 11.8. The normalized spacial score (nSPS) is 16.6. The Morgan fingerprint density at radius 1 is 1.75 bits per heavy atom. The van der Waals surface area contributed by atoms with Gasteiger partial charge in [0.05, 0.1) is 17.5 Å². The number of amides is 1. The molecule has 0 spiro atoms. The molecule has 1 aliphatic carbocycles. The van der Waals surface area contributed by atoms with E-state index in [1.54, 1.807) is 10.9 Å². The van der Waals surface area contributed by atoms with Crippen LogP contribution >= 0.6 is 0 Å². The highest BCUT2D eigenvalue weighted by molar-refractivity contribution is 5.99. The fourth-order valence-corrected chi connectivity index (χ4v) is 1.66. The number of aromatic nitrogens is 2. The third-order valence-electron chi connectivity index (χ3n) is 2.89. The first-order chi connectivity index (χ1) is 7.61. The average Bonchev–Trinajstić information content (AvgIpc) is 2.99. The van der Waals surface area contributed by atoms with E-state index in [-0.39, 0.29) is 5.91 Å². The summed E-state index contributed by atoms with van der Waals surface area (Å²) in [6.07, 6.45) is 3.86. The molecule has 1 N–H and O–H groups in total. The Bertz CT molecular complexity index is 465. The molecule has 1 heterocycles. The topological polar surface area (TPSA) is 70.7 Å². The molecule has 16 heavy (non-hydrogen) atoms. The summed E-state index contributed by atoms with van der Waals surface area (Å²) >= 11 is 0. The van der Waals surface area contributed by atoms with E-state index in [0.29, 0.717) is 12.8 Å². The Kier molecular flexibility index (Phi) is 2.43. The molecule has 1 fully saturated rings. The summed E-state index contributed by atoms with van der Waals surface area (Å²) in [6.45, 7) is 1.98. The van der Waals surface area contributed by atoms with E-state index in [1.807, 2.05) is 14.0 Å². The zero-order valence-corrected chi connectivity index (χ0v) is 9.45. The molecule has 1 aromatic rings. The second-order valence-corrected chi connectivity index (χ2v) is 4.16. The number of nitrogens with one attached hydrogen (secondary N) is 1. The van der Waals surface area contributed by atoms with Crippen LogP contribution in [-0.4, -0.2) is 15.7 Å². The molecule has 5 nitrogen and oxygen atoms in total. The molecule has 0 saturated heterocycles. The molecule has 0 aromatic carbocycles. The van der Waals surface area contributed by atoms with Gasteiger partial charge in [0, 0.05) is 13.2 Å². The van der Waals surface area contributed by atoms with Gasteiger partial charge in [-0.3, -0.25) is 9.48 Å². The average molecular weight is 218 g/mol. The number of anilines is 1. The Labute approximate surface area is 94.1 Å². The van der Waals surface area contributed by atoms with E-state index in [1.165, 1.54) is 0 Å². The molecule has 84 valence electrons. The van der Waals surface area contributed by atoms with Crippen molar-refractivity contribution in [3.05, 3.63) is 11.9 Å². The van der Waals surface area contributed by atoms with Crippen LogP contribution in [0.15, 0.2) is 6.20 Å². The maximum atomic E-state index is 11.8. The number of hydrogen-bond donors (Lipinski definition) is 1. The molecular weight excluding hydrogens is 204 g/mol. The monoisotopic (exact) mass is 218 g/mol. The maximum Gasteiger partial charge on any atom is 0.244 e. The van der Waals surface area contributed by atoms with Gasteiger partial charge in [0.1, 0.15) is 5.41 Å². The number of aryl methyl sites for hydroxylation is 2. The van der Waals surface area contributed by atoms with Crippen molar-refractivity contribution in [3.63, 3.8) is 0 Å². The largest absolute Gasteiger partial charge is 0.322 e.